The molecule has 0 aliphatic carbocycles. The first-order chi connectivity index (χ1) is 17.0. The molecule has 0 unspecified atom stereocenters. The maximum absolute atomic E-state index is 13.0. The number of hydrogen-bond donors (Lipinski definition) is 4. The van der Waals surface area contributed by atoms with Gasteiger partial charge in [-0.25, -0.2) is 15.0 Å². The van der Waals surface area contributed by atoms with Crippen molar-refractivity contribution < 1.29 is 37.0 Å². The molecule has 0 saturated carbocycles. The molecule has 3 rings (SSSR count). The van der Waals surface area contributed by atoms with Crippen LogP contribution in [0.3, 0.4) is 0 Å². The van der Waals surface area contributed by atoms with Crippen LogP contribution in [0.25, 0.3) is 0 Å². The van der Waals surface area contributed by atoms with Crippen molar-refractivity contribution in [3.05, 3.63) is 77.1 Å². The highest BCUT2D eigenvalue weighted by Crippen LogP contribution is 2.36. The van der Waals surface area contributed by atoms with Crippen LogP contribution in [0, 0.1) is 0 Å². The Hall–Kier alpha value is -4.52. The fraction of sp³-hybridized carbons (Fsp3) is 0.0909. The van der Waals surface area contributed by atoms with Gasteiger partial charge in [0.05, 0.1) is 17.7 Å². The van der Waals surface area contributed by atoms with E-state index >= 15 is 0 Å². The third kappa shape index (κ3) is 7.24. The van der Waals surface area contributed by atoms with Crippen molar-refractivity contribution >= 4 is 41.0 Å². The SMILES string of the molecule is COC(=O)NNC(=O)c1cc(Oc2ccc(NC(=O)Nc3ccc(Cl)c(C(F)(F)F)c3)cc2)ccn1. The van der Waals surface area contributed by atoms with Crippen LogP contribution in [-0.4, -0.2) is 30.1 Å². The normalized spacial score (nSPS) is 10.7. The number of urea groups is 1. The monoisotopic (exact) mass is 523 g/mol. The summed E-state index contributed by atoms with van der Waals surface area (Å²) in [7, 11) is 1.13. The molecular formula is C22H17ClF3N5O5. The molecule has 4 amide bonds. The number of aromatic nitrogens is 1. The summed E-state index contributed by atoms with van der Waals surface area (Å²) < 4.78 is 48.9. The molecule has 0 fully saturated rings. The summed E-state index contributed by atoms with van der Waals surface area (Å²) >= 11 is 5.57. The number of nitrogens with one attached hydrogen (secondary N) is 4. The first-order valence-electron chi connectivity index (χ1n) is 9.88. The van der Waals surface area contributed by atoms with Gasteiger partial charge >= 0.3 is 18.3 Å². The van der Waals surface area contributed by atoms with Gasteiger partial charge in [-0.15, -0.1) is 0 Å². The molecule has 1 heterocycles. The molecule has 1 aromatic heterocycles. The van der Waals surface area contributed by atoms with E-state index < -0.39 is 34.8 Å². The standard InChI is InChI=1S/C22H17ClF3N5O5/c1-35-21(34)31-30-19(32)18-11-15(8-9-27-18)36-14-5-2-12(3-6-14)28-20(33)29-13-4-7-17(23)16(10-13)22(24,25)26/h2-11H,1H3,(H,30,32)(H,31,34)(H2,28,29,33). The summed E-state index contributed by atoms with van der Waals surface area (Å²) in [4.78, 5) is 39.1. The highest BCUT2D eigenvalue weighted by molar-refractivity contribution is 6.31. The zero-order valence-corrected chi connectivity index (χ0v) is 19.0. The number of nitrogens with zero attached hydrogens (tertiary/aromatic N) is 1. The summed E-state index contributed by atoms with van der Waals surface area (Å²) in [6.45, 7) is 0. The molecule has 0 aliphatic heterocycles. The van der Waals surface area contributed by atoms with Crippen LogP contribution in [0.15, 0.2) is 60.8 Å². The molecule has 4 N–H and O–H groups in total. The lowest BCUT2D eigenvalue weighted by molar-refractivity contribution is -0.137. The number of hydrazine groups is 1. The van der Waals surface area contributed by atoms with E-state index in [-0.39, 0.29) is 17.1 Å². The average molecular weight is 524 g/mol. The number of methoxy groups -OCH3 is 1. The van der Waals surface area contributed by atoms with Crippen molar-refractivity contribution in [2.45, 2.75) is 6.18 Å². The highest BCUT2D eigenvalue weighted by atomic mass is 35.5. The van der Waals surface area contributed by atoms with Gasteiger partial charge in [-0.1, -0.05) is 11.6 Å². The zero-order chi connectivity index (χ0) is 26.3. The Morgan fingerprint density at radius 3 is 2.22 bits per heavy atom. The lowest BCUT2D eigenvalue weighted by Crippen LogP contribution is -2.41. The Labute approximate surface area is 206 Å². The summed E-state index contributed by atoms with van der Waals surface area (Å²) in [6.07, 6.45) is -4.21. The quantitative estimate of drug-likeness (QED) is 0.340. The molecule has 0 aliphatic rings. The third-order valence-electron chi connectivity index (χ3n) is 4.31. The number of benzene rings is 2. The van der Waals surface area contributed by atoms with Crippen LogP contribution in [0.2, 0.25) is 5.02 Å². The number of hydrogen-bond acceptors (Lipinski definition) is 6. The molecule has 0 spiro atoms. The van der Waals surface area contributed by atoms with Crippen molar-refractivity contribution in [1.82, 2.24) is 15.8 Å². The van der Waals surface area contributed by atoms with E-state index in [1.807, 2.05) is 5.43 Å². The predicted octanol–water partition coefficient (Wildman–Crippen LogP) is 5.19. The molecule has 0 radical (unpaired) electrons. The Morgan fingerprint density at radius 2 is 1.56 bits per heavy atom. The van der Waals surface area contributed by atoms with Crippen LogP contribution in [-0.2, 0) is 10.9 Å². The summed E-state index contributed by atoms with van der Waals surface area (Å²) in [6, 6.07) is 11.1. The van der Waals surface area contributed by atoms with Crippen molar-refractivity contribution in [2.24, 2.45) is 0 Å². The van der Waals surface area contributed by atoms with E-state index in [9.17, 15) is 27.6 Å². The first-order valence-corrected chi connectivity index (χ1v) is 10.3. The Kier molecular flexibility index (Phi) is 8.17. The Morgan fingerprint density at radius 1 is 0.889 bits per heavy atom. The van der Waals surface area contributed by atoms with Gasteiger partial charge in [-0.2, -0.15) is 13.2 Å². The largest absolute Gasteiger partial charge is 0.457 e. The number of carbonyl (C=O) groups is 3. The van der Waals surface area contributed by atoms with Crippen molar-refractivity contribution in [1.29, 1.82) is 0 Å². The fourth-order valence-electron chi connectivity index (χ4n) is 2.68. The molecule has 0 bridgehead atoms. The van der Waals surface area contributed by atoms with Crippen molar-refractivity contribution in [3.63, 3.8) is 0 Å². The van der Waals surface area contributed by atoms with Gasteiger partial charge in [0.1, 0.15) is 17.2 Å². The van der Waals surface area contributed by atoms with E-state index in [2.05, 4.69) is 25.8 Å². The third-order valence-corrected chi connectivity index (χ3v) is 4.63. The van der Waals surface area contributed by atoms with Gasteiger partial charge in [-0.3, -0.25) is 15.2 Å². The molecule has 10 nitrogen and oxygen atoms in total. The van der Waals surface area contributed by atoms with E-state index in [0.717, 1.165) is 19.2 Å². The van der Waals surface area contributed by atoms with Gasteiger partial charge in [-0.05, 0) is 48.5 Å². The summed E-state index contributed by atoms with van der Waals surface area (Å²) in [5, 5.41) is 4.30. The van der Waals surface area contributed by atoms with Crippen LogP contribution in [0.4, 0.5) is 34.1 Å². The lowest BCUT2D eigenvalue weighted by Gasteiger charge is -2.12. The molecule has 0 atom stereocenters. The molecule has 36 heavy (non-hydrogen) atoms. The number of alkyl halides is 3. The second-order valence-corrected chi connectivity index (χ2v) is 7.25. The maximum atomic E-state index is 13.0. The number of pyridine rings is 1. The first kappa shape index (κ1) is 26.1. The minimum absolute atomic E-state index is 0.0465. The van der Waals surface area contributed by atoms with Crippen LogP contribution < -0.4 is 26.2 Å². The van der Waals surface area contributed by atoms with Gasteiger partial charge in [0, 0.05) is 23.6 Å². The van der Waals surface area contributed by atoms with Gasteiger partial charge in [0.2, 0.25) is 0 Å². The van der Waals surface area contributed by atoms with E-state index in [0.29, 0.717) is 11.4 Å². The van der Waals surface area contributed by atoms with Crippen LogP contribution in [0.5, 0.6) is 11.5 Å². The number of amides is 4. The molecule has 3 aromatic rings. The van der Waals surface area contributed by atoms with E-state index in [1.165, 1.54) is 48.7 Å². The minimum atomic E-state index is -4.67. The zero-order valence-electron chi connectivity index (χ0n) is 18.3. The second kappa shape index (κ2) is 11.3. The molecule has 14 heteroatoms. The van der Waals surface area contributed by atoms with Crippen molar-refractivity contribution in [2.75, 3.05) is 17.7 Å². The van der Waals surface area contributed by atoms with Crippen LogP contribution >= 0.6 is 11.6 Å². The number of anilines is 2. The number of rotatable bonds is 5. The lowest BCUT2D eigenvalue weighted by atomic mass is 10.2. The fourth-order valence-corrected chi connectivity index (χ4v) is 2.90. The topological polar surface area (TPSA) is 131 Å². The molecule has 2 aromatic carbocycles. The predicted molar refractivity (Wildman–Crippen MR) is 123 cm³/mol. The average Bonchev–Trinajstić information content (AvgIpc) is 2.84. The Bertz CT molecular complexity index is 1270. The number of ether oxygens (including phenoxy) is 2. The van der Waals surface area contributed by atoms with Crippen LogP contribution in [0.1, 0.15) is 16.1 Å². The Balaban J connectivity index is 1.59. The number of halogens is 4. The van der Waals surface area contributed by atoms with Gasteiger partial charge < -0.3 is 20.1 Å². The summed E-state index contributed by atoms with van der Waals surface area (Å²) in [5.74, 6) is -0.104. The molecular weight excluding hydrogens is 507 g/mol. The highest BCUT2D eigenvalue weighted by Gasteiger charge is 2.33. The van der Waals surface area contributed by atoms with E-state index in [4.69, 9.17) is 16.3 Å². The molecule has 188 valence electrons. The van der Waals surface area contributed by atoms with Crippen molar-refractivity contribution in [3.8, 4) is 11.5 Å². The maximum Gasteiger partial charge on any atom is 0.425 e. The van der Waals surface area contributed by atoms with E-state index in [1.54, 1.807) is 0 Å². The smallest absolute Gasteiger partial charge is 0.425 e. The van der Waals surface area contributed by atoms with Gasteiger partial charge in [0.15, 0.2) is 0 Å². The summed E-state index contributed by atoms with van der Waals surface area (Å²) in [5.41, 5.74) is 3.24. The molecule has 0 saturated heterocycles. The van der Waals surface area contributed by atoms with Gasteiger partial charge in [0.25, 0.3) is 5.91 Å². The number of carbonyl (C=O) groups excluding carboxylic acids is 3. The second-order valence-electron chi connectivity index (χ2n) is 6.85. The minimum Gasteiger partial charge on any atom is -0.457 e.